The van der Waals surface area contributed by atoms with E-state index in [0.717, 1.165) is 0 Å². The Balaban J connectivity index is 5.00. The molecule has 5 nitrogen and oxygen atoms in total. The number of hydrogen-bond acceptors (Lipinski definition) is 5. The van der Waals surface area contributed by atoms with Gasteiger partial charge in [-0.3, -0.25) is 0 Å². The third-order valence-electron chi connectivity index (χ3n) is 2.58. The first-order chi connectivity index (χ1) is 7.05. The lowest BCUT2D eigenvalue weighted by atomic mass is 9.82. The third-order valence-corrected chi connectivity index (χ3v) is 2.58. The number of aliphatic hydroxyl groups is 3. The molecular formula is C10H22O5. The summed E-state index contributed by atoms with van der Waals surface area (Å²) in [6, 6.07) is 0. The molecule has 92 valence electrons. The summed E-state index contributed by atoms with van der Waals surface area (Å²) in [5.74, 6) is -1.35. The van der Waals surface area contributed by atoms with Crippen LogP contribution >= 0.6 is 0 Å². The summed E-state index contributed by atoms with van der Waals surface area (Å²) < 4.78 is 10.7. The molecule has 0 saturated heterocycles. The molecule has 0 spiro atoms. The highest BCUT2D eigenvalue weighted by atomic mass is 16.7. The van der Waals surface area contributed by atoms with Gasteiger partial charge in [0.05, 0.1) is 25.2 Å². The van der Waals surface area contributed by atoms with Crippen LogP contribution in [0, 0.1) is 5.41 Å². The third kappa shape index (κ3) is 2.89. The molecule has 0 fully saturated rings. The lowest BCUT2D eigenvalue weighted by molar-refractivity contribution is -0.319. The predicted molar refractivity (Wildman–Crippen MR) is 55.3 cm³/mol. The number of ether oxygens (including phenoxy) is 2. The van der Waals surface area contributed by atoms with Gasteiger partial charge in [0.1, 0.15) is 0 Å². The molecule has 5 heteroatoms. The molecule has 0 aromatic carbocycles. The van der Waals surface area contributed by atoms with E-state index in [4.69, 9.17) is 9.47 Å². The second-order valence-electron chi connectivity index (χ2n) is 3.65. The lowest BCUT2D eigenvalue weighted by Gasteiger charge is -2.44. The van der Waals surface area contributed by atoms with Crippen molar-refractivity contribution in [2.75, 3.05) is 33.0 Å². The molecule has 0 amide bonds. The Kier molecular flexibility index (Phi) is 6.31. The number of rotatable bonds is 8. The largest absolute Gasteiger partial charge is 0.396 e. The maximum atomic E-state index is 9.36. The van der Waals surface area contributed by atoms with E-state index in [1.54, 1.807) is 20.8 Å². The smallest absolute Gasteiger partial charge is 0.201 e. The summed E-state index contributed by atoms with van der Waals surface area (Å²) in [6.07, 6.45) is 0. The standard InChI is InChI=1S/C10H22O5/c1-4-14-10(8-13,15-5-2)9(3,6-11)7-12/h11-13H,4-8H2,1-3H3. The van der Waals surface area contributed by atoms with Crippen LogP contribution in [-0.2, 0) is 9.47 Å². The molecule has 0 heterocycles. The van der Waals surface area contributed by atoms with Gasteiger partial charge in [-0.25, -0.2) is 0 Å². The Morgan fingerprint density at radius 3 is 1.47 bits per heavy atom. The van der Waals surface area contributed by atoms with Crippen molar-refractivity contribution in [3.63, 3.8) is 0 Å². The average Bonchev–Trinajstić information content (AvgIpc) is 2.27. The van der Waals surface area contributed by atoms with Crippen molar-refractivity contribution in [3.05, 3.63) is 0 Å². The van der Waals surface area contributed by atoms with E-state index in [1.165, 1.54) is 0 Å². The molecule has 0 aromatic heterocycles. The van der Waals surface area contributed by atoms with Crippen LogP contribution in [0.5, 0.6) is 0 Å². The van der Waals surface area contributed by atoms with Gasteiger partial charge in [0.15, 0.2) is 0 Å². The summed E-state index contributed by atoms with van der Waals surface area (Å²) in [4.78, 5) is 0. The molecule has 3 N–H and O–H groups in total. The summed E-state index contributed by atoms with van der Waals surface area (Å²) in [7, 11) is 0. The zero-order valence-corrected chi connectivity index (χ0v) is 9.69. The molecule has 0 radical (unpaired) electrons. The van der Waals surface area contributed by atoms with E-state index < -0.39 is 17.8 Å². The van der Waals surface area contributed by atoms with Crippen LogP contribution in [0.3, 0.4) is 0 Å². The first-order valence-electron chi connectivity index (χ1n) is 5.16. The van der Waals surface area contributed by atoms with Crippen molar-refractivity contribution in [2.24, 2.45) is 5.41 Å². The second kappa shape index (κ2) is 6.40. The van der Waals surface area contributed by atoms with Crippen LogP contribution in [0.1, 0.15) is 20.8 Å². The zero-order chi connectivity index (χ0) is 11.9. The molecule has 0 saturated carbocycles. The second-order valence-corrected chi connectivity index (χ2v) is 3.65. The van der Waals surface area contributed by atoms with Gasteiger partial charge in [0.2, 0.25) is 5.79 Å². The lowest BCUT2D eigenvalue weighted by Crippen LogP contribution is -2.57. The molecule has 0 aliphatic rings. The average molecular weight is 222 g/mol. The van der Waals surface area contributed by atoms with Gasteiger partial charge in [-0.15, -0.1) is 0 Å². The fourth-order valence-corrected chi connectivity index (χ4v) is 1.43. The normalized spacial score (nSPS) is 13.2. The monoisotopic (exact) mass is 222 g/mol. The first kappa shape index (κ1) is 14.8. The first-order valence-corrected chi connectivity index (χ1v) is 5.16. The quantitative estimate of drug-likeness (QED) is 0.493. The summed E-state index contributed by atoms with van der Waals surface area (Å²) in [5.41, 5.74) is -1.03. The minimum absolute atomic E-state index is 0.329. The summed E-state index contributed by atoms with van der Waals surface area (Å²) >= 11 is 0. The summed E-state index contributed by atoms with van der Waals surface area (Å²) in [6.45, 7) is 4.72. The maximum Gasteiger partial charge on any atom is 0.201 e. The van der Waals surface area contributed by atoms with Crippen LogP contribution < -0.4 is 0 Å². The topological polar surface area (TPSA) is 79.2 Å². The highest BCUT2D eigenvalue weighted by molar-refractivity contribution is 4.90. The van der Waals surface area contributed by atoms with Crippen molar-refractivity contribution >= 4 is 0 Å². The molecule has 0 rings (SSSR count). The van der Waals surface area contributed by atoms with Crippen molar-refractivity contribution in [3.8, 4) is 0 Å². The summed E-state index contributed by atoms with van der Waals surface area (Å²) in [5, 5.41) is 27.9. The van der Waals surface area contributed by atoms with E-state index in [2.05, 4.69) is 0 Å². The van der Waals surface area contributed by atoms with E-state index in [1.807, 2.05) is 0 Å². The van der Waals surface area contributed by atoms with Crippen LogP contribution in [0.15, 0.2) is 0 Å². The fourth-order valence-electron chi connectivity index (χ4n) is 1.43. The molecular weight excluding hydrogens is 200 g/mol. The van der Waals surface area contributed by atoms with Crippen molar-refractivity contribution in [2.45, 2.75) is 26.6 Å². The van der Waals surface area contributed by atoms with Crippen LogP contribution in [-0.4, -0.2) is 54.1 Å². The number of hydrogen-bond donors (Lipinski definition) is 3. The van der Waals surface area contributed by atoms with Crippen molar-refractivity contribution in [1.82, 2.24) is 0 Å². The molecule has 0 aromatic rings. The molecule has 0 aliphatic carbocycles. The SMILES string of the molecule is CCOC(CO)(OCC)C(C)(CO)CO. The highest BCUT2D eigenvalue weighted by Gasteiger charge is 2.49. The Morgan fingerprint density at radius 2 is 1.27 bits per heavy atom. The maximum absolute atomic E-state index is 9.36. The fraction of sp³-hybridized carbons (Fsp3) is 1.00. The molecule has 0 aliphatic heterocycles. The van der Waals surface area contributed by atoms with Gasteiger partial charge in [-0.2, -0.15) is 0 Å². The Morgan fingerprint density at radius 1 is 0.867 bits per heavy atom. The van der Waals surface area contributed by atoms with Gasteiger partial charge >= 0.3 is 0 Å². The minimum Gasteiger partial charge on any atom is -0.396 e. The minimum atomic E-state index is -1.35. The van der Waals surface area contributed by atoms with Crippen molar-refractivity contribution < 1.29 is 24.8 Å². The van der Waals surface area contributed by atoms with E-state index in [-0.39, 0.29) is 13.2 Å². The van der Waals surface area contributed by atoms with Crippen LogP contribution in [0.4, 0.5) is 0 Å². The van der Waals surface area contributed by atoms with Gasteiger partial charge in [-0.05, 0) is 20.8 Å². The van der Waals surface area contributed by atoms with Gasteiger partial charge in [0, 0.05) is 13.2 Å². The Hall–Kier alpha value is -0.200. The van der Waals surface area contributed by atoms with Crippen LogP contribution in [0.25, 0.3) is 0 Å². The molecule has 0 bridgehead atoms. The van der Waals surface area contributed by atoms with Crippen LogP contribution in [0.2, 0.25) is 0 Å². The predicted octanol–water partition coefficient (Wildman–Crippen LogP) is -0.261. The zero-order valence-electron chi connectivity index (χ0n) is 9.69. The van der Waals surface area contributed by atoms with Crippen molar-refractivity contribution in [1.29, 1.82) is 0 Å². The van der Waals surface area contributed by atoms with Gasteiger partial charge in [0.25, 0.3) is 0 Å². The highest BCUT2D eigenvalue weighted by Crippen LogP contribution is 2.35. The van der Waals surface area contributed by atoms with Gasteiger partial charge < -0.3 is 24.8 Å². The van der Waals surface area contributed by atoms with E-state index >= 15 is 0 Å². The number of aliphatic hydroxyl groups excluding tert-OH is 3. The Bertz CT molecular complexity index is 161. The molecule has 15 heavy (non-hydrogen) atoms. The van der Waals surface area contributed by atoms with Gasteiger partial charge in [-0.1, -0.05) is 0 Å². The van der Waals surface area contributed by atoms with E-state index in [9.17, 15) is 15.3 Å². The molecule has 0 atom stereocenters. The molecule has 0 unspecified atom stereocenters. The Labute approximate surface area is 90.6 Å². The van der Waals surface area contributed by atoms with E-state index in [0.29, 0.717) is 13.2 Å².